The SMILES string of the molecule is Cc1ccc([C@H](C)NC(=O)C2CCCCC2)c(C)c1. The van der Waals surface area contributed by atoms with Crippen LogP contribution in [0.2, 0.25) is 0 Å². The second-order valence-electron chi connectivity index (χ2n) is 5.93. The fourth-order valence-corrected chi connectivity index (χ4v) is 3.09. The van der Waals surface area contributed by atoms with Crippen LogP contribution in [0, 0.1) is 19.8 Å². The topological polar surface area (TPSA) is 29.1 Å². The van der Waals surface area contributed by atoms with Crippen molar-refractivity contribution in [3.63, 3.8) is 0 Å². The second-order valence-corrected chi connectivity index (χ2v) is 5.93. The zero-order chi connectivity index (χ0) is 13.8. The van der Waals surface area contributed by atoms with Crippen LogP contribution in [-0.2, 0) is 4.79 Å². The zero-order valence-corrected chi connectivity index (χ0v) is 12.3. The van der Waals surface area contributed by atoms with Crippen molar-refractivity contribution in [3.8, 4) is 0 Å². The van der Waals surface area contributed by atoms with Gasteiger partial charge >= 0.3 is 0 Å². The van der Waals surface area contributed by atoms with E-state index >= 15 is 0 Å². The number of rotatable bonds is 3. The van der Waals surface area contributed by atoms with Crippen molar-refractivity contribution < 1.29 is 4.79 Å². The number of carbonyl (C=O) groups excluding carboxylic acids is 1. The molecule has 0 saturated heterocycles. The molecule has 0 unspecified atom stereocenters. The molecule has 1 saturated carbocycles. The van der Waals surface area contributed by atoms with Gasteiger partial charge in [0.1, 0.15) is 0 Å². The van der Waals surface area contributed by atoms with E-state index in [1.165, 1.54) is 36.0 Å². The molecule has 0 bridgehead atoms. The minimum atomic E-state index is 0.107. The van der Waals surface area contributed by atoms with E-state index in [-0.39, 0.29) is 17.9 Å². The van der Waals surface area contributed by atoms with Gasteiger partial charge in [-0.05, 0) is 44.7 Å². The maximum absolute atomic E-state index is 12.2. The number of benzene rings is 1. The molecule has 1 atom stereocenters. The highest BCUT2D eigenvalue weighted by Crippen LogP contribution is 2.25. The molecule has 0 heterocycles. The van der Waals surface area contributed by atoms with Crippen molar-refractivity contribution in [2.75, 3.05) is 0 Å². The first-order valence-corrected chi connectivity index (χ1v) is 7.45. The van der Waals surface area contributed by atoms with Crippen molar-refractivity contribution in [2.24, 2.45) is 5.92 Å². The molecule has 2 rings (SSSR count). The van der Waals surface area contributed by atoms with Crippen LogP contribution < -0.4 is 5.32 Å². The zero-order valence-electron chi connectivity index (χ0n) is 12.3. The van der Waals surface area contributed by atoms with E-state index in [1.807, 2.05) is 0 Å². The van der Waals surface area contributed by atoms with Gasteiger partial charge in [-0.25, -0.2) is 0 Å². The molecule has 1 fully saturated rings. The fraction of sp³-hybridized carbons (Fsp3) is 0.588. The number of amides is 1. The number of hydrogen-bond acceptors (Lipinski definition) is 1. The first-order chi connectivity index (χ1) is 9.08. The van der Waals surface area contributed by atoms with Crippen molar-refractivity contribution in [3.05, 3.63) is 34.9 Å². The van der Waals surface area contributed by atoms with Crippen molar-refractivity contribution >= 4 is 5.91 Å². The van der Waals surface area contributed by atoms with Gasteiger partial charge < -0.3 is 5.32 Å². The molecular weight excluding hydrogens is 234 g/mol. The van der Waals surface area contributed by atoms with Gasteiger partial charge in [0.2, 0.25) is 5.91 Å². The summed E-state index contributed by atoms with van der Waals surface area (Å²) in [6, 6.07) is 6.54. The largest absolute Gasteiger partial charge is 0.349 e. The van der Waals surface area contributed by atoms with Crippen molar-refractivity contribution in [2.45, 2.75) is 58.9 Å². The maximum Gasteiger partial charge on any atom is 0.223 e. The lowest BCUT2D eigenvalue weighted by molar-refractivity contribution is -0.126. The van der Waals surface area contributed by atoms with Crippen molar-refractivity contribution in [1.82, 2.24) is 5.32 Å². The summed E-state index contributed by atoms with van der Waals surface area (Å²) in [7, 11) is 0. The van der Waals surface area contributed by atoms with E-state index in [2.05, 4.69) is 44.3 Å². The normalized spacial score (nSPS) is 18.1. The van der Waals surface area contributed by atoms with E-state index in [4.69, 9.17) is 0 Å². The van der Waals surface area contributed by atoms with E-state index in [0.29, 0.717) is 0 Å². The molecule has 1 aliphatic carbocycles. The number of hydrogen-bond donors (Lipinski definition) is 1. The molecule has 19 heavy (non-hydrogen) atoms. The van der Waals surface area contributed by atoms with Crippen LogP contribution in [0.1, 0.15) is 61.8 Å². The first kappa shape index (κ1) is 14.1. The summed E-state index contributed by atoms with van der Waals surface area (Å²) in [5.74, 6) is 0.481. The molecular formula is C17H25NO. The molecule has 1 aromatic carbocycles. The molecule has 2 nitrogen and oxygen atoms in total. The molecule has 0 aliphatic heterocycles. The molecule has 104 valence electrons. The smallest absolute Gasteiger partial charge is 0.223 e. The molecule has 1 aromatic rings. The van der Waals surface area contributed by atoms with E-state index < -0.39 is 0 Å². The first-order valence-electron chi connectivity index (χ1n) is 7.45. The van der Waals surface area contributed by atoms with E-state index in [9.17, 15) is 4.79 Å². The summed E-state index contributed by atoms with van der Waals surface area (Å²) in [6.07, 6.45) is 5.82. The quantitative estimate of drug-likeness (QED) is 0.871. The Morgan fingerprint density at radius 3 is 2.53 bits per heavy atom. The Morgan fingerprint density at radius 1 is 1.21 bits per heavy atom. The highest BCUT2D eigenvalue weighted by molar-refractivity contribution is 5.79. The third-order valence-electron chi connectivity index (χ3n) is 4.23. The molecule has 1 amide bonds. The molecule has 2 heteroatoms. The molecule has 1 aliphatic rings. The Hall–Kier alpha value is -1.31. The second kappa shape index (κ2) is 6.23. The van der Waals surface area contributed by atoms with Crippen LogP contribution in [0.4, 0.5) is 0 Å². The van der Waals surface area contributed by atoms with Gasteiger partial charge in [-0.3, -0.25) is 4.79 Å². The summed E-state index contributed by atoms with van der Waals surface area (Å²) in [5.41, 5.74) is 3.76. The maximum atomic E-state index is 12.2. The third kappa shape index (κ3) is 3.59. The third-order valence-corrected chi connectivity index (χ3v) is 4.23. The predicted molar refractivity (Wildman–Crippen MR) is 79.0 cm³/mol. The lowest BCUT2D eigenvalue weighted by Gasteiger charge is -2.24. The lowest BCUT2D eigenvalue weighted by atomic mass is 9.88. The van der Waals surface area contributed by atoms with Gasteiger partial charge in [-0.15, -0.1) is 0 Å². The molecule has 0 aromatic heterocycles. The van der Waals surface area contributed by atoms with Gasteiger partial charge in [0.05, 0.1) is 6.04 Å². The summed E-state index contributed by atoms with van der Waals surface area (Å²) < 4.78 is 0. The van der Waals surface area contributed by atoms with Gasteiger partial charge in [0.25, 0.3) is 0 Å². The lowest BCUT2D eigenvalue weighted by Crippen LogP contribution is -2.34. The monoisotopic (exact) mass is 259 g/mol. The van der Waals surface area contributed by atoms with E-state index in [1.54, 1.807) is 0 Å². The van der Waals surface area contributed by atoms with Gasteiger partial charge in [0, 0.05) is 5.92 Å². The number of carbonyl (C=O) groups is 1. The Balaban J connectivity index is 1.99. The molecule has 0 radical (unpaired) electrons. The molecule has 1 N–H and O–H groups in total. The minimum absolute atomic E-state index is 0.107. The van der Waals surface area contributed by atoms with Crippen molar-refractivity contribution in [1.29, 1.82) is 0 Å². The van der Waals surface area contributed by atoms with Crippen LogP contribution in [0.15, 0.2) is 18.2 Å². The minimum Gasteiger partial charge on any atom is -0.349 e. The average Bonchev–Trinajstić information content (AvgIpc) is 2.39. The Bertz CT molecular complexity index is 447. The Kier molecular flexibility index (Phi) is 4.62. The summed E-state index contributed by atoms with van der Waals surface area (Å²) >= 11 is 0. The standard InChI is InChI=1S/C17H25NO/c1-12-9-10-16(13(2)11-12)14(3)18-17(19)15-7-5-4-6-8-15/h9-11,14-15H,4-8H2,1-3H3,(H,18,19)/t14-/m0/s1. The van der Waals surface area contributed by atoms with Gasteiger partial charge in [-0.2, -0.15) is 0 Å². The van der Waals surface area contributed by atoms with Crippen LogP contribution >= 0.6 is 0 Å². The number of aryl methyl sites for hydroxylation is 2. The van der Waals surface area contributed by atoms with Crippen LogP contribution in [0.25, 0.3) is 0 Å². The van der Waals surface area contributed by atoms with E-state index in [0.717, 1.165) is 12.8 Å². The summed E-state index contributed by atoms with van der Waals surface area (Å²) in [5, 5.41) is 3.19. The van der Waals surface area contributed by atoms with Crippen LogP contribution in [-0.4, -0.2) is 5.91 Å². The van der Waals surface area contributed by atoms with Crippen LogP contribution in [0.5, 0.6) is 0 Å². The Labute approximate surface area is 116 Å². The number of nitrogens with one attached hydrogen (secondary N) is 1. The summed E-state index contributed by atoms with van der Waals surface area (Å²) in [4.78, 5) is 12.2. The fourth-order valence-electron chi connectivity index (χ4n) is 3.09. The summed E-state index contributed by atoms with van der Waals surface area (Å²) in [6.45, 7) is 6.30. The van der Waals surface area contributed by atoms with Gasteiger partial charge in [-0.1, -0.05) is 43.0 Å². The molecule has 0 spiro atoms. The highest BCUT2D eigenvalue weighted by Gasteiger charge is 2.22. The van der Waals surface area contributed by atoms with Gasteiger partial charge in [0.15, 0.2) is 0 Å². The average molecular weight is 259 g/mol. The Morgan fingerprint density at radius 2 is 1.89 bits per heavy atom. The highest BCUT2D eigenvalue weighted by atomic mass is 16.1. The predicted octanol–water partition coefficient (Wildman–Crippen LogP) is 4.06. The van der Waals surface area contributed by atoms with Crippen LogP contribution in [0.3, 0.4) is 0 Å².